The molecule has 2 aromatic carbocycles. The van der Waals surface area contributed by atoms with Crippen LogP contribution in [0.15, 0.2) is 42.5 Å². The van der Waals surface area contributed by atoms with E-state index < -0.39 is 0 Å². The second kappa shape index (κ2) is 7.99. The van der Waals surface area contributed by atoms with Crippen molar-refractivity contribution in [3.63, 3.8) is 0 Å². The first-order valence-electron chi connectivity index (χ1n) is 8.93. The van der Waals surface area contributed by atoms with Gasteiger partial charge in [-0.3, -0.25) is 4.79 Å². The van der Waals surface area contributed by atoms with E-state index in [4.69, 9.17) is 15.2 Å². The average Bonchev–Trinajstić information content (AvgIpc) is 2.63. The average molecular weight is 355 g/mol. The molecule has 0 bridgehead atoms. The highest BCUT2D eigenvalue weighted by Gasteiger charge is 2.26. The number of hydrogen-bond acceptors (Lipinski definition) is 5. The Morgan fingerprint density at radius 1 is 1.31 bits per heavy atom. The van der Waals surface area contributed by atoms with Crippen LogP contribution < -0.4 is 25.4 Å². The van der Waals surface area contributed by atoms with Crippen LogP contribution >= 0.6 is 0 Å². The number of anilines is 3. The third-order valence-electron chi connectivity index (χ3n) is 4.29. The summed E-state index contributed by atoms with van der Waals surface area (Å²) in [6.45, 7) is 5.40. The van der Waals surface area contributed by atoms with Crippen molar-refractivity contribution >= 4 is 23.0 Å². The molecule has 3 N–H and O–H groups in total. The van der Waals surface area contributed by atoms with Crippen molar-refractivity contribution in [3.8, 4) is 11.5 Å². The molecule has 0 aliphatic carbocycles. The molecule has 3 rings (SSSR count). The van der Waals surface area contributed by atoms with Crippen molar-refractivity contribution in [2.75, 3.05) is 35.6 Å². The van der Waals surface area contributed by atoms with Crippen molar-refractivity contribution in [2.24, 2.45) is 0 Å². The summed E-state index contributed by atoms with van der Waals surface area (Å²) in [6.07, 6.45) is 0.921. The molecule has 138 valence electrons. The molecule has 26 heavy (non-hydrogen) atoms. The number of para-hydroxylation sites is 2. The number of carbonyl (C=O) groups is 1. The number of ether oxygens (including phenoxy) is 2. The van der Waals surface area contributed by atoms with Gasteiger partial charge in [-0.05, 0) is 43.7 Å². The fourth-order valence-corrected chi connectivity index (χ4v) is 3.02. The van der Waals surface area contributed by atoms with Crippen LogP contribution in [0.3, 0.4) is 0 Å². The van der Waals surface area contributed by atoms with E-state index in [2.05, 4.69) is 12.2 Å². The van der Waals surface area contributed by atoms with Crippen LogP contribution in [0.25, 0.3) is 0 Å². The summed E-state index contributed by atoms with van der Waals surface area (Å²) in [6, 6.07) is 13.0. The van der Waals surface area contributed by atoms with Crippen LogP contribution in [0, 0.1) is 0 Å². The number of nitrogen functional groups attached to an aromatic ring is 1. The Kier molecular flexibility index (Phi) is 5.51. The molecule has 6 nitrogen and oxygen atoms in total. The Balaban J connectivity index is 1.76. The number of amides is 1. The summed E-state index contributed by atoms with van der Waals surface area (Å²) in [5, 5.41) is 2.94. The largest absolute Gasteiger partial charge is 0.492 e. The van der Waals surface area contributed by atoms with E-state index in [-0.39, 0.29) is 18.6 Å². The summed E-state index contributed by atoms with van der Waals surface area (Å²) in [7, 11) is 0. The molecule has 0 saturated carbocycles. The lowest BCUT2D eigenvalue weighted by Gasteiger charge is -2.35. The lowest BCUT2D eigenvalue weighted by atomic mass is 10.1. The quantitative estimate of drug-likeness (QED) is 0.778. The van der Waals surface area contributed by atoms with Crippen LogP contribution in [0.4, 0.5) is 17.1 Å². The zero-order chi connectivity index (χ0) is 18.5. The Morgan fingerprint density at radius 3 is 2.88 bits per heavy atom. The van der Waals surface area contributed by atoms with Crippen LogP contribution in [0.1, 0.15) is 20.3 Å². The minimum Gasteiger partial charge on any atom is -0.492 e. The highest BCUT2D eigenvalue weighted by atomic mass is 16.5. The fourth-order valence-electron chi connectivity index (χ4n) is 3.02. The molecule has 1 amide bonds. The molecule has 0 fully saturated rings. The van der Waals surface area contributed by atoms with Crippen LogP contribution in [0.2, 0.25) is 0 Å². The molecule has 1 atom stereocenters. The maximum atomic E-state index is 12.6. The second-order valence-electron chi connectivity index (χ2n) is 6.23. The molecular weight excluding hydrogens is 330 g/mol. The second-order valence-corrected chi connectivity index (χ2v) is 6.23. The van der Waals surface area contributed by atoms with Gasteiger partial charge in [-0.2, -0.15) is 0 Å². The number of carbonyl (C=O) groups excluding carboxylic acids is 1. The normalized spacial score (nSPS) is 15.8. The Labute approximate surface area is 153 Å². The van der Waals surface area contributed by atoms with E-state index in [0.717, 1.165) is 17.9 Å². The van der Waals surface area contributed by atoms with E-state index in [1.807, 2.05) is 54.3 Å². The SMILES string of the molecule is CCOc1ccccc1NC(=O)CN1CC(CC)Oc2ccc(N)cc21. The van der Waals surface area contributed by atoms with Gasteiger partial charge in [0.25, 0.3) is 0 Å². The van der Waals surface area contributed by atoms with Crippen molar-refractivity contribution in [1.29, 1.82) is 0 Å². The topological polar surface area (TPSA) is 76.8 Å². The van der Waals surface area contributed by atoms with Crippen LogP contribution in [-0.2, 0) is 4.79 Å². The molecule has 1 aliphatic rings. The van der Waals surface area contributed by atoms with Crippen molar-refractivity contribution in [2.45, 2.75) is 26.4 Å². The molecule has 0 aromatic heterocycles. The molecule has 0 spiro atoms. The predicted octanol–water partition coefficient (Wildman–Crippen LogP) is 3.28. The summed E-state index contributed by atoms with van der Waals surface area (Å²) >= 11 is 0. The van der Waals surface area contributed by atoms with Crippen molar-refractivity contribution < 1.29 is 14.3 Å². The predicted molar refractivity (Wildman–Crippen MR) is 104 cm³/mol. The van der Waals surface area contributed by atoms with Gasteiger partial charge in [0.15, 0.2) is 0 Å². The first kappa shape index (κ1) is 17.9. The van der Waals surface area contributed by atoms with E-state index in [0.29, 0.717) is 30.3 Å². The lowest BCUT2D eigenvalue weighted by molar-refractivity contribution is -0.115. The van der Waals surface area contributed by atoms with E-state index >= 15 is 0 Å². The maximum Gasteiger partial charge on any atom is 0.243 e. The standard InChI is InChI=1S/C20H25N3O3/c1-3-15-12-23(17-11-14(21)9-10-19(17)26-15)13-20(24)22-16-7-5-6-8-18(16)25-4-2/h5-11,15H,3-4,12-13,21H2,1-2H3,(H,22,24). The first-order valence-corrected chi connectivity index (χ1v) is 8.93. The monoisotopic (exact) mass is 355 g/mol. The van der Waals surface area contributed by atoms with E-state index in [1.54, 1.807) is 0 Å². The summed E-state index contributed by atoms with van der Waals surface area (Å²) < 4.78 is 11.5. The van der Waals surface area contributed by atoms with Crippen molar-refractivity contribution in [1.82, 2.24) is 0 Å². The van der Waals surface area contributed by atoms with E-state index in [9.17, 15) is 4.79 Å². The van der Waals surface area contributed by atoms with Gasteiger partial charge < -0.3 is 25.4 Å². The zero-order valence-electron chi connectivity index (χ0n) is 15.2. The molecule has 1 unspecified atom stereocenters. The van der Waals surface area contributed by atoms with Crippen LogP contribution in [-0.4, -0.2) is 31.7 Å². The molecule has 0 radical (unpaired) electrons. The molecular formula is C20H25N3O3. The highest BCUT2D eigenvalue weighted by molar-refractivity contribution is 5.95. The summed E-state index contributed by atoms with van der Waals surface area (Å²) in [5.74, 6) is 1.32. The van der Waals surface area contributed by atoms with Gasteiger partial charge in [0.1, 0.15) is 17.6 Å². The Bertz CT molecular complexity index is 779. The summed E-state index contributed by atoms with van der Waals surface area (Å²) in [4.78, 5) is 14.7. The molecule has 2 aromatic rings. The third kappa shape index (κ3) is 4.02. The highest BCUT2D eigenvalue weighted by Crippen LogP contribution is 2.35. The number of fused-ring (bicyclic) bond motifs is 1. The number of hydrogen-bond donors (Lipinski definition) is 2. The number of nitrogens with zero attached hydrogens (tertiary/aromatic N) is 1. The number of rotatable bonds is 6. The van der Waals surface area contributed by atoms with Crippen LogP contribution in [0.5, 0.6) is 11.5 Å². The zero-order valence-corrected chi connectivity index (χ0v) is 15.2. The first-order chi connectivity index (χ1) is 12.6. The maximum absolute atomic E-state index is 12.6. The molecule has 1 heterocycles. The summed E-state index contributed by atoms with van der Waals surface area (Å²) in [5.41, 5.74) is 8.09. The van der Waals surface area contributed by atoms with Gasteiger partial charge in [0, 0.05) is 5.69 Å². The van der Waals surface area contributed by atoms with E-state index in [1.165, 1.54) is 0 Å². The molecule has 6 heteroatoms. The molecule has 1 aliphatic heterocycles. The number of nitrogens with two attached hydrogens (primary N) is 1. The minimum atomic E-state index is -0.109. The van der Waals surface area contributed by atoms with Gasteiger partial charge in [-0.1, -0.05) is 19.1 Å². The Morgan fingerprint density at radius 2 is 2.12 bits per heavy atom. The van der Waals surface area contributed by atoms with Crippen molar-refractivity contribution in [3.05, 3.63) is 42.5 Å². The minimum absolute atomic E-state index is 0.0506. The van der Waals surface area contributed by atoms with Gasteiger partial charge in [0.2, 0.25) is 5.91 Å². The van der Waals surface area contributed by atoms with Gasteiger partial charge in [-0.15, -0.1) is 0 Å². The number of benzene rings is 2. The Hall–Kier alpha value is -2.89. The van der Waals surface area contributed by atoms with Gasteiger partial charge in [0.05, 0.1) is 31.1 Å². The molecule has 0 saturated heterocycles. The number of nitrogens with one attached hydrogen (secondary N) is 1. The van der Waals surface area contributed by atoms with Gasteiger partial charge in [-0.25, -0.2) is 0 Å². The lowest BCUT2D eigenvalue weighted by Crippen LogP contribution is -2.43. The smallest absolute Gasteiger partial charge is 0.243 e. The third-order valence-corrected chi connectivity index (χ3v) is 4.29. The fraction of sp³-hybridized carbons (Fsp3) is 0.350. The van der Waals surface area contributed by atoms with Gasteiger partial charge >= 0.3 is 0 Å².